The fourth-order valence-corrected chi connectivity index (χ4v) is 2.89. The molecule has 0 unspecified atom stereocenters. The number of carboxylic acid groups (broad SMARTS) is 1. The number of ether oxygens (including phenoxy) is 4. The zero-order valence-corrected chi connectivity index (χ0v) is 19.1. The Morgan fingerprint density at radius 3 is 1.67 bits per heavy atom. The first-order valence-corrected chi connectivity index (χ1v) is 8.71. The van der Waals surface area contributed by atoms with Gasteiger partial charge in [-0.15, -0.1) is 0 Å². The van der Waals surface area contributed by atoms with Crippen LogP contribution in [0.3, 0.4) is 0 Å². The SMILES string of the molecule is O=C([O-])[C@@H](CO[C@H]1O[C@H](CO)[C@@H](O)[C@H](O)[C@H]1O)O[C@H]1O[C@H](CO)[C@@H](O)[C@H](O)[C@@H]1O.[K+]. The van der Waals surface area contributed by atoms with Crippen LogP contribution in [0.25, 0.3) is 0 Å². The Morgan fingerprint density at radius 2 is 1.23 bits per heavy atom. The number of carbonyl (C=O) groups is 1. The summed E-state index contributed by atoms with van der Waals surface area (Å²) >= 11 is 0. The molecule has 14 nitrogen and oxygen atoms in total. The van der Waals surface area contributed by atoms with E-state index in [1.165, 1.54) is 0 Å². The molecule has 0 aromatic carbocycles. The summed E-state index contributed by atoms with van der Waals surface area (Å²) in [4.78, 5) is 11.3. The van der Waals surface area contributed by atoms with Gasteiger partial charge in [0.05, 0.1) is 25.8 Å². The molecule has 0 bridgehead atoms. The first-order valence-electron chi connectivity index (χ1n) is 8.71. The maximum atomic E-state index is 11.3. The van der Waals surface area contributed by atoms with Crippen LogP contribution < -0.4 is 56.5 Å². The largest absolute Gasteiger partial charge is 1.00 e. The predicted molar refractivity (Wildman–Crippen MR) is 83.4 cm³/mol. The molecule has 0 aromatic heterocycles. The second-order valence-corrected chi connectivity index (χ2v) is 6.67. The van der Waals surface area contributed by atoms with Crippen molar-refractivity contribution in [3.8, 4) is 0 Å². The summed E-state index contributed by atoms with van der Waals surface area (Å²) < 4.78 is 20.1. The Labute approximate surface area is 213 Å². The molecule has 2 rings (SSSR count). The van der Waals surface area contributed by atoms with Gasteiger partial charge in [-0.3, -0.25) is 0 Å². The van der Waals surface area contributed by atoms with E-state index in [0.29, 0.717) is 0 Å². The van der Waals surface area contributed by atoms with E-state index >= 15 is 0 Å². The van der Waals surface area contributed by atoms with Crippen LogP contribution in [0.15, 0.2) is 0 Å². The first kappa shape index (κ1) is 28.7. The van der Waals surface area contributed by atoms with Crippen LogP contribution in [0.4, 0.5) is 0 Å². The second-order valence-electron chi connectivity index (χ2n) is 6.67. The summed E-state index contributed by atoms with van der Waals surface area (Å²) in [6.45, 7) is -2.35. The Balaban J connectivity index is 0.00000450. The third-order valence-electron chi connectivity index (χ3n) is 4.67. The Morgan fingerprint density at radius 1 is 0.800 bits per heavy atom. The van der Waals surface area contributed by atoms with Crippen LogP contribution in [0.5, 0.6) is 0 Å². The molecule has 2 aliphatic rings. The number of rotatable bonds is 8. The topological polar surface area (TPSA) is 239 Å². The van der Waals surface area contributed by atoms with Gasteiger partial charge in [0, 0.05) is 0 Å². The van der Waals surface area contributed by atoms with E-state index in [1.54, 1.807) is 0 Å². The van der Waals surface area contributed by atoms with Crippen LogP contribution in [0.1, 0.15) is 0 Å². The Kier molecular flexibility index (Phi) is 12.2. The number of carbonyl (C=O) groups excluding carboxylic acids is 1. The third kappa shape index (κ3) is 6.58. The van der Waals surface area contributed by atoms with Gasteiger partial charge in [-0.2, -0.15) is 0 Å². The molecule has 0 radical (unpaired) electrons. The molecule has 0 aliphatic carbocycles. The van der Waals surface area contributed by atoms with E-state index in [0.717, 1.165) is 0 Å². The van der Waals surface area contributed by atoms with Gasteiger partial charge >= 0.3 is 51.4 Å². The fraction of sp³-hybridized carbons (Fsp3) is 0.933. The normalized spacial score (nSPS) is 42.9. The van der Waals surface area contributed by atoms with Gasteiger partial charge in [0.25, 0.3) is 0 Å². The summed E-state index contributed by atoms with van der Waals surface area (Å²) in [5, 5.41) is 88.1. The Bertz CT molecular complexity index is 535. The van der Waals surface area contributed by atoms with Gasteiger partial charge in [-0.25, -0.2) is 0 Å². The molecular formula is C15H25KO14. The molecule has 2 heterocycles. The van der Waals surface area contributed by atoms with Crippen molar-refractivity contribution >= 4 is 5.97 Å². The number of carboxylic acids is 1. The van der Waals surface area contributed by atoms with Gasteiger partial charge in [-0.1, -0.05) is 0 Å². The van der Waals surface area contributed by atoms with E-state index in [-0.39, 0.29) is 51.4 Å². The molecule has 15 heteroatoms. The number of aliphatic carboxylic acids is 1. The molecule has 2 saturated heterocycles. The van der Waals surface area contributed by atoms with Crippen molar-refractivity contribution in [3.05, 3.63) is 0 Å². The summed E-state index contributed by atoms with van der Waals surface area (Å²) in [6, 6.07) is 0. The average molecular weight is 468 g/mol. The van der Waals surface area contributed by atoms with E-state index in [1.807, 2.05) is 0 Å². The standard InChI is InChI=1S/C15H26O14.K/c16-1-4-7(18)9(20)11(22)14(27-4)26-3-6(13(24)25)29-15-12(23)10(21)8(19)5(2-17)28-15;/h4-12,14-23H,1-3H2,(H,24,25);/q;+1/p-1/t4-,5-,6-,7-,8-,9+,10+,11-,12+,14+,15-;/m1./s1. The fourth-order valence-electron chi connectivity index (χ4n) is 2.89. The van der Waals surface area contributed by atoms with Gasteiger partial charge in [-0.05, 0) is 0 Å². The molecule has 170 valence electrons. The van der Waals surface area contributed by atoms with Crippen molar-refractivity contribution in [2.45, 2.75) is 67.5 Å². The maximum Gasteiger partial charge on any atom is 1.00 e. The maximum absolute atomic E-state index is 11.3. The number of hydrogen-bond donors (Lipinski definition) is 8. The number of hydrogen-bond acceptors (Lipinski definition) is 14. The van der Waals surface area contributed by atoms with Gasteiger partial charge in [0.2, 0.25) is 0 Å². The van der Waals surface area contributed by atoms with Gasteiger partial charge < -0.3 is 69.7 Å². The molecular weight excluding hydrogens is 443 g/mol. The third-order valence-corrected chi connectivity index (χ3v) is 4.67. The number of aliphatic hydroxyl groups excluding tert-OH is 8. The van der Waals surface area contributed by atoms with Crippen LogP contribution in [0.2, 0.25) is 0 Å². The first-order chi connectivity index (χ1) is 13.6. The summed E-state index contributed by atoms with van der Waals surface area (Å²) in [7, 11) is 0. The quantitative estimate of drug-likeness (QED) is 0.154. The van der Waals surface area contributed by atoms with Crippen LogP contribution in [-0.2, 0) is 23.7 Å². The molecule has 30 heavy (non-hydrogen) atoms. The summed E-state index contributed by atoms with van der Waals surface area (Å²) in [5.74, 6) is -1.84. The molecule has 0 spiro atoms. The van der Waals surface area contributed by atoms with Crippen molar-refractivity contribution < 1.29 is 121 Å². The van der Waals surface area contributed by atoms with E-state index in [4.69, 9.17) is 29.2 Å². The minimum atomic E-state index is -1.94. The monoisotopic (exact) mass is 468 g/mol. The molecule has 0 aromatic rings. The second kappa shape index (κ2) is 12.8. The molecule has 2 fully saturated rings. The molecule has 0 amide bonds. The minimum Gasteiger partial charge on any atom is -0.547 e. The van der Waals surface area contributed by atoms with Crippen molar-refractivity contribution in [3.63, 3.8) is 0 Å². The van der Waals surface area contributed by atoms with Crippen LogP contribution >= 0.6 is 0 Å². The Hall–Kier alpha value is 0.626. The van der Waals surface area contributed by atoms with Crippen molar-refractivity contribution in [2.24, 2.45) is 0 Å². The summed E-state index contributed by atoms with van der Waals surface area (Å²) in [5.41, 5.74) is 0. The van der Waals surface area contributed by atoms with Gasteiger partial charge in [0.1, 0.15) is 54.9 Å². The molecule has 0 saturated carbocycles. The zero-order valence-electron chi connectivity index (χ0n) is 16.0. The molecule has 8 N–H and O–H groups in total. The van der Waals surface area contributed by atoms with Crippen molar-refractivity contribution in [1.82, 2.24) is 0 Å². The number of aliphatic hydroxyl groups is 8. The van der Waals surface area contributed by atoms with Crippen LogP contribution in [0, 0.1) is 0 Å². The molecule has 11 atom stereocenters. The van der Waals surface area contributed by atoms with Crippen molar-refractivity contribution in [1.29, 1.82) is 0 Å². The van der Waals surface area contributed by atoms with E-state index in [2.05, 4.69) is 0 Å². The zero-order chi connectivity index (χ0) is 21.9. The minimum absolute atomic E-state index is 0. The summed E-state index contributed by atoms with van der Waals surface area (Å²) in [6.07, 6.45) is -18.5. The van der Waals surface area contributed by atoms with E-state index in [9.17, 15) is 40.5 Å². The van der Waals surface area contributed by atoms with Crippen LogP contribution in [-0.4, -0.2) is 134 Å². The molecule has 2 aliphatic heterocycles. The van der Waals surface area contributed by atoms with Gasteiger partial charge in [0.15, 0.2) is 12.6 Å². The van der Waals surface area contributed by atoms with E-state index < -0.39 is 93.3 Å². The smallest absolute Gasteiger partial charge is 0.547 e. The average Bonchev–Trinajstić information content (AvgIpc) is 2.70. The van der Waals surface area contributed by atoms with Crippen molar-refractivity contribution in [2.75, 3.05) is 19.8 Å². The predicted octanol–water partition coefficient (Wildman–Crippen LogP) is -10.3.